The van der Waals surface area contributed by atoms with Crippen molar-refractivity contribution in [2.45, 2.75) is 25.8 Å². The third-order valence-electron chi connectivity index (χ3n) is 3.87. The fraction of sp³-hybridized carbons (Fsp3) is 0.211. The van der Waals surface area contributed by atoms with Crippen LogP contribution in [0, 0.1) is 0 Å². The lowest BCUT2D eigenvalue weighted by molar-refractivity contribution is -0.121. The number of imidazole rings is 1. The highest BCUT2D eigenvalue weighted by molar-refractivity contribution is 5.97. The third kappa shape index (κ3) is 3.68. The van der Waals surface area contributed by atoms with Gasteiger partial charge in [-0.15, -0.1) is 0 Å². The molecule has 3 rings (SSSR count). The Hall–Kier alpha value is -2.95. The summed E-state index contributed by atoms with van der Waals surface area (Å²) in [5.74, 6) is 0.522. The zero-order valence-corrected chi connectivity index (χ0v) is 13.5. The lowest BCUT2D eigenvalue weighted by Gasteiger charge is -2.11. The van der Waals surface area contributed by atoms with Gasteiger partial charge < -0.3 is 10.3 Å². The van der Waals surface area contributed by atoms with Crippen LogP contribution in [0.5, 0.6) is 0 Å². The first-order valence-electron chi connectivity index (χ1n) is 7.96. The molecule has 0 fully saturated rings. The maximum atomic E-state index is 12.1. The summed E-state index contributed by atoms with van der Waals surface area (Å²) in [6.45, 7) is 1.87. The van der Waals surface area contributed by atoms with Crippen molar-refractivity contribution < 1.29 is 9.59 Å². The number of benzene rings is 2. The highest BCUT2D eigenvalue weighted by atomic mass is 16.2. The molecule has 1 amide bonds. The molecule has 0 spiro atoms. The van der Waals surface area contributed by atoms with E-state index in [1.165, 1.54) is 0 Å². The van der Waals surface area contributed by atoms with Crippen LogP contribution in [0.15, 0.2) is 54.6 Å². The molecule has 0 saturated heterocycles. The molecule has 5 nitrogen and oxygen atoms in total. The summed E-state index contributed by atoms with van der Waals surface area (Å²) in [6.07, 6.45) is 0.362. The Bertz CT molecular complexity index is 822. The number of aromatic amines is 1. The Kier molecular flexibility index (Phi) is 4.70. The van der Waals surface area contributed by atoms with E-state index in [0.717, 1.165) is 11.0 Å². The van der Waals surface area contributed by atoms with E-state index >= 15 is 0 Å². The summed E-state index contributed by atoms with van der Waals surface area (Å²) in [5.41, 5.74) is 2.44. The third-order valence-corrected chi connectivity index (χ3v) is 3.87. The van der Waals surface area contributed by atoms with Crippen LogP contribution < -0.4 is 5.32 Å². The normalized spacial score (nSPS) is 12.0. The van der Waals surface area contributed by atoms with Gasteiger partial charge in [0, 0.05) is 18.4 Å². The highest BCUT2D eigenvalue weighted by Gasteiger charge is 2.15. The van der Waals surface area contributed by atoms with Gasteiger partial charge in [0.15, 0.2) is 5.78 Å². The summed E-state index contributed by atoms with van der Waals surface area (Å²) >= 11 is 0. The van der Waals surface area contributed by atoms with E-state index in [-0.39, 0.29) is 30.6 Å². The number of para-hydroxylation sites is 2. The molecular weight excluding hydrogens is 302 g/mol. The van der Waals surface area contributed by atoms with Crippen LogP contribution in [0.25, 0.3) is 11.0 Å². The first kappa shape index (κ1) is 15.9. The molecule has 3 aromatic rings. The molecule has 0 aliphatic carbocycles. The average molecular weight is 321 g/mol. The number of Topliss-reactive ketones (excluding diaryl/α,β-unsaturated/α-hetero) is 1. The predicted molar refractivity (Wildman–Crippen MR) is 92.7 cm³/mol. The number of aromatic nitrogens is 2. The molecule has 2 aromatic carbocycles. The minimum Gasteiger partial charge on any atom is -0.346 e. The maximum absolute atomic E-state index is 12.1. The largest absolute Gasteiger partial charge is 0.346 e. The van der Waals surface area contributed by atoms with Crippen molar-refractivity contribution in [3.05, 3.63) is 66.0 Å². The zero-order valence-electron chi connectivity index (χ0n) is 13.5. The zero-order chi connectivity index (χ0) is 16.9. The first-order valence-corrected chi connectivity index (χ1v) is 7.96. The number of rotatable bonds is 6. The molecule has 1 heterocycles. The SMILES string of the molecule is C[C@H](NC(=O)CCC(=O)c1ccccc1)c1nc2ccccc2[nH]1. The summed E-state index contributed by atoms with van der Waals surface area (Å²) < 4.78 is 0. The van der Waals surface area contributed by atoms with Crippen molar-refractivity contribution in [2.24, 2.45) is 0 Å². The molecule has 1 atom stereocenters. The number of amides is 1. The average Bonchev–Trinajstić information content (AvgIpc) is 3.05. The number of hydrogen-bond donors (Lipinski definition) is 2. The Morgan fingerprint density at radius 2 is 1.75 bits per heavy atom. The highest BCUT2D eigenvalue weighted by Crippen LogP contribution is 2.15. The van der Waals surface area contributed by atoms with Gasteiger partial charge in [-0.3, -0.25) is 9.59 Å². The van der Waals surface area contributed by atoms with Gasteiger partial charge in [-0.25, -0.2) is 4.98 Å². The van der Waals surface area contributed by atoms with E-state index in [9.17, 15) is 9.59 Å². The molecule has 122 valence electrons. The van der Waals surface area contributed by atoms with Gasteiger partial charge in [-0.2, -0.15) is 0 Å². The molecule has 0 saturated carbocycles. The minimum absolute atomic E-state index is 0.0258. The van der Waals surface area contributed by atoms with Gasteiger partial charge >= 0.3 is 0 Å². The van der Waals surface area contributed by atoms with Crippen molar-refractivity contribution in [1.29, 1.82) is 0 Å². The number of hydrogen-bond acceptors (Lipinski definition) is 3. The summed E-state index contributed by atoms with van der Waals surface area (Å²) in [5, 5.41) is 2.88. The molecule has 1 aromatic heterocycles. The number of carbonyl (C=O) groups is 2. The standard InChI is InChI=1S/C19H19N3O2/c1-13(19-21-15-9-5-6-10-16(15)22-19)20-18(24)12-11-17(23)14-7-3-2-4-8-14/h2-10,13H,11-12H2,1H3,(H,20,24)(H,21,22)/t13-/m0/s1. The smallest absolute Gasteiger partial charge is 0.221 e. The van der Waals surface area contributed by atoms with Crippen LogP contribution >= 0.6 is 0 Å². The molecule has 0 unspecified atom stereocenters. The second-order valence-electron chi connectivity index (χ2n) is 5.72. The van der Waals surface area contributed by atoms with Crippen LogP contribution in [0.1, 0.15) is 42.0 Å². The van der Waals surface area contributed by atoms with Crippen LogP contribution in [0.2, 0.25) is 0 Å². The van der Waals surface area contributed by atoms with Crippen molar-refractivity contribution in [3.63, 3.8) is 0 Å². The van der Waals surface area contributed by atoms with E-state index in [1.54, 1.807) is 12.1 Å². The molecule has 0 aliphatic heterocycles. The number of fused-ring (bicyclic) bond motifs is 1. The van der Waals surface area contributed by atoms with Gasteiger partial charge in [0.05, 0.1) is 17.1 Å². The molecule has 0 bridgehead atoms. The number of nitrogens with zero attached hydrogens (tertiary/aromatic N) is 1. The van der Waals surface area contributed by atoms with E-state index in [4.69, 9.17) is 0 Å². The van der Waals surface area contributed by atoms with Gasteiger partial charge in [-0.05, 0) is 19.1 Å². The molecular formula is C19H19N3O2. The molecule has 2 N–H and O–H groups in total. The number of ketones is 1. The predicted octanol–water partition coefficient (Wildman–Crippen LogP) is 3.40. The number of nitrogens with one attached hydrogen (secondary N) is 2. The van der Waals surface area contributed by atoms with Gasteiger partial charge in [0.2, 0.25) is 5.91 Å². The van der Waals surface area contributed by atoms with E-state index in [0.29, 0.717) is 11.4 Å². The number of carbonyl (C=O) groups excluding carboxylic acids is 2. The monoisotopic (exact) mass is 321 g/mol. The summed E-state index contributed by atoms with van der Waals surface area (Å²) in [7, 11) is 0. The second kappa shape index (κ2) is 7.08. The number of H-pyrrole nitrogens is 1. The first-order chi connectivity index (χ1) is 11.6. The molecule has 5 heteroatoms. The summed E-state index contributed by atoms with van der Waals surface area (Å²) in [4.78, 5) is 31.8. The van der Waals surface area contributed by atoms with Crippen LogP contribution in [0.4, 0.5) is 0 Å². The van der Waals surface area contributed by atoms with E-state index < -0.39 is 0 Å². The topological polar surface area (TPSA) is 74.8 Å². The Labute approximate surface area is 140 Å². The minimum atomic E-state index is -0.239. The van der Waals surface area contributed by atoms with Crippen LogP contribution in [0.3, 0.4) is 0 Å². The van der Waals surface area contributed by atoms with Crippen LogP contribution in [-0.2, 0) is 4.79 Å². The van der Waals surface area contributed by atoms with Crippen molar-refractivity contribution >= 4 is 22.7 Å². The quantitative estimate of drug-likeness (QED) is 0.683. The molecule has 0 radical (unpaired) electrons. The Balaban J connectivity index is 1.55. The van der Waals surface area contributed by atoms with Gasteiger partial charge in [0.25, 0.3) is 0 Å². The van der Waals surface area contributed by atoms with E-state index in [1.807, 2.05) is 49.4 Å². The lowest BCUT2D eigenvalue weighted by atomic mass is 10.1. The van der Waals surface area contributed by atoms with E-state index in [2.05, 4.69) is 15.3 Å². The van der Waals surface area contributed by atoms with Crippen molar-refractivity contribution in [1.82, 2.24) is 15.3 Å². The van der Waals surface area contributed by atoms with Gasteiger partial charge in [0.1, 0.15) is 5.82 Å². The van der Waals surface area contributed by atoms with Crippen molar-refractivity contribution in [2.75, 3.05) is 0 Å². The fourth-order valence-corrected chi connectivity index (χ4v) is 2.56. The summed E-state index contributed by atoms with van der Waals surface area (Å²) in [6, 6.07) is 16.5. The Morgan fingerprint density at radius 3 is 2.50 bits per heavy atom. The van der Waals surface area contributed by atoms with Crippen LogP contribution in [-0.4, -0.2) is 21.7 Å². The Morgan fingerprint density at radius 1 is 1.04 bits per heavy atom. The molecule has 24 heavy (non-hydrogen) atoms. The van der Waals surface area contributed by atoms with Gasteiger partial charge in [-0.1, -0.05) is 42.5 Å². The molecule has 0 aliphatic rings. The van der Waals surface area contributed by atoms with Crippen molar-refractivity contribution in [3.8, 4) is 0 Å². The maximum Gasteiger partial charge on any atom is 0.221 e. The lowest BCUT2D eigenvalue weighted by Crippen LogP contribution is -2.27. The second-order valence-corrected chi connectivity index (χ2v) is 5.72. The fourth-order valence-electron chi connectivity index (χ4n) is 2.56.